The Bertz CT molecular complexity index is 603. The molecule has 20 heavy (non-hydrogen) atoms. The molecule has 2 aliphatic rings. The summed E-state index contributed by atoms with van der Waals surface area (Å²) in [5.74, 6) is 2.04. The van der Waals surface area contributed by atoms with Crippen LogP contribution in [0.3, 0.4) is 0 Å². The minimum Gasteiger partial charge on any atom is -0.354 e. The summed E-state index contributed by atoms with van der Waals surface area (Å²) in [6.07, 6.45) is 5.73. The van der Waals surface area contributed by atoms with E-state index in [-0.39, 0.29) is 0 Å². The van der Waals surface area contributed by atoms with E-state index in [9.17, 15) is 0 Å². The Morgan fingerprint density at radius 3 is 2.95 bits per heavy atom. The van der Waals surface area contributed by atoms with Crippen LogP contribution in [0.4, 0.5) is 5.82 Å². The summed E-state index contributed by atoms with van der Waals surface area (Å²) >= 11 is 0. The number of aromatic nitrogens is 2. The second-order valence-corrected chi connectivity index (χ2v) is 6.00. The summed E-state index contributed by atoms with van der Waals surface area (Å²) < 4.78 is 0. The largest absolute Gasteiger partial charge is 0.354 e. The van der Waals surface area contributed by atoms with E-state index in [1.54, 1.807) is 6.33 Å². The summed E-state index contributed by atoms with van der Waals surface area (Å²) in [4.78, 5) is 11.3. The molecule has 0 amide bonds. The van der Waals surface area contributed by atoms with Gasteiger partial charge in [-0.2, -0.15) is 0 Å². The maximum Gasteiger partial charge on any atom is 0.139 e. The Hall–Kier alpha value is -1.68. The first-order valence-electron chi connectivity index (χ1n) is 7.58. The van der Waals surface area contributed by atoms with Crippen molar-refractivity contribution >= 4 is 16.7 Å². The lowest BCUT2D eigenvalue weighted by molar-refractivity contribution is 0.530. The fraction of sp³-hybridized carbons (Fsp3) is 0.500. The van der Waals surface area contributed by atoms with Crippen LogP contribution in [0.1, 0.15) is 19.3 Å². The van der Waals surface area contributed by atoms with Gasteiger partial charge in [0.15, 0.2) is 0 Å². The molecule has 1 aliphatic carbocycles. The van der Waals surface area contributed by atoms with Gasteiger partial charge in [-0.25, -0.2) is 9.97 Å². The van der Waals surface area contributed by atoms with Crippen LogP contribution in [0.5, 0.6) is 0 Å². The molecule has 1 aromatic carbocycles. The van der Waals surface area contributed by atoms with E-state index in [0.717, 1.165) is 35.7 Å². The van der Waals surface area contributed by atoms with Crippen LogP contribution in [0.2, 0.25) is 0 Å². The van der Waals surface area contributed by atoms with Crippen molar-refractivity contribution in [2.24, 2.45) is 5.92 Å². The van der Waals surface area contributed by atoms with E-state index in [1.165, 1.54) is 25.8 Å². The van der Waals surface area contributed by atoms with Crippen LogP contribution in [0.15, 0.2) is 30.6 Å². The van der Waals surface area contributed by atoms with Crippen molar-refractivity contribution in [3.8, 4) is 0 Å². The molecule has 4 heteroatoms. The molecule has 2 heterocycles. The number of benzene rings is 1. The maximum absolute atomic E-state index is 4.52. The highest BCUT2D eigenvalue weighted by Gasteiger charge is 2.27. The molecule has 1 unspecified atom stereocenters. The van der Waals surface area contributed by atoms with Crippen molar-refractivity contribution in [2.75, 3.05) is 24.5 Å². The minimum atomic E-state index is 0.615. The summed E-state index contributed by atoms with van der Waals surface area (Å²) in [6.45, 7) is 3.35. The molecule has 0 bridgehead atoms. The van der Waals surface area contributed by atoms with Gasteiger partial charge in [0.05, 0.1) is 5.52 Å². The van der Waals surface area contributed by atoms with E-state index in [2.05, 4.69) is 38.4 Å². The molecule has 1 saturated heterocycles. The van der Waals surface area contributed by atoms with Gasteiger partial charge in [-0.1, -0.05) is 12.1 Å². The van der Waals surface area contributed by atoms with Gasteiger partial charge in [-0.05, 0) is 43.9 Å². The molecule has 1 atom stereocenters. The van der Waals surface area contributed by atoms with Crippen molar-refractivity contribution in [3.63, 3.8) is 0 Å². The Labute approximate surface area is 119 Å². The molecule has 1 saturated carbocycles. The average molecular weight is 268 g/mol. The van der Waals surface area contributed by atoms with Gasteiger partial charge in [-0.15, -0.1) is 0 Å². The van der Waals surface area contributed by atoms with E-state index < -0.39 is 0 Å². The van der Waals surface area contributed by atoms with Gasteiger partial charge in [-0.3, -0.25) is 0 Å². The first kappa shape index (κ1) is 12.1. The molecule has 2 aromatic rings. The topological polar surface area (TPSA) is 41.0 Å². The zero-order valence-corrected chi connectivity index (χ0v) is 11.6. The van der Waals surface area contributed by atoms with Crippen molar-refractivity contribution in [2.45, 2.75) is 25.3 Å². The number of hydrogen-bond acceptors (Lipinski definition) is 4. The number of para-hydroxylation sites is 1. The molecular formula is C16H20N4. The monoisotopic (exact) mass is 268 g/mol. The van der Waals surface area contributed by atoms with Crippen LogP contribution < -0.4 is 10.2 Å². The lowest BCUT2D eigenvalue weighted by Crippen LogP contribution is -2.34. The fourth-order valence-electron chi connectivity index (χ4n) is 3.02. The average Bonchev–Trinajstić information content (AvgIpc) is 3.21. The minimum absolute atomic E-state index is 0.615. The molecule has 1 aromatic heterocycles. The van der Waals surface area contributed by atoms with Crippen molar-refractivity contribution in [1.29, 1.82) is 0 Å². The molecule has 1 aliphatic heterocycles. The van der Waals surface area contributed by atoms with Crippen LogP contribution in [0, 0.1) is 5.92 Å². The van der Waals surface area contributed by atoms with Crippen molar-refractivity contribution in [3.05, 3.63) is 30.6 Å². The van der Waals surface area contributed by atoms with Crippen LogP contribution >= 0.6 is 0 Å². The molecule has 4 nitrogen and oxygen atoms in total. The summed E-state index contributed by atoms with van der Waals surface area (Å²) in [5.41, 5.74) is 1.03. The molecule has 4 rings (SSSR count). The lowest BCUT2D eigenvalue weighted by Gasteiger charge is -2.19. The Morgan fingerprint density at radius 1 is 1.15 bits per heavy atom. The number of nitrogens with zero attached hydrogens (tertiary/aromatic N) is 3. The Morgan fingerprint density at radius 2 is 2.05 bits per heavy atom. The number of hydrogen-bond donors (Lipinski definition) is 1. The fourth-order valence-corrected chi connectivity index (χ4v) is 3.02. The summed E-state index contributed by atoms with van der Waals surface area (Å²) in [5, 5.41) is 4.87. The third-order valence-corrected chi connectivity index (χ3v) is 4.40. The van der Waals surface area contributed by atoms with E-state index in [4.69, 9.17) is 0 Å². The van der Waals surface area contributed by atoms with Gasteiger partial charge in [0.25, 0.3) is 0 Å². The standard InChI is InChI=1S/C16H20N4/c1-2-4-15-14(3-1)16(19-11-18-15)20-8-7-13(10-20)17-9-12-5-6-12/h1-4,11-13,17H,5-10H2. The van der Waals surface area contributed by atoms with Crippen LogP contribution in [0.25, 0.3) is 10.9 Å². The van der Waals surface area contributed by atoms with Gasteiger partial charge in [0.1, 0.15) is 12.1 Å². The summed E-state index contributed by atoms with van der Waals surface area (Å²) in [7, 11) is 0. The smallest absolute Gasteiger partial charge is 0.139 e. The van der Waals surface area contributed by atoms with Crippen LogP contribution in [-0.4, -0.2) is 35.6 Å². The summed E-state index contributed by atoms with van der Waals surface area (Å²) in [6, 6.07) is 8.89. The highest BCUT2D eigenvalue weighted by molar-refractivity contribution is 5.89. The zero-order valence-electron chi connectivity index (χ0n) is 11.6. The highest BCUT2D eigenvalue weighted by Crippen LogP contribution is 2.29. The highest BCUT2D eigenvalue weighted by atomic mass is 15.2. The van der Waals surface area contributed by atoms with Crippen molar-refractivity contribution < 1.29 is 0 Å². The molecule has 0 spiro atoms. The van der Waals surface area contributed by atoms with Crippen LogP contribution in [-0.2, 0) is 0 Å². The zero-order chi connectivity index (χ0) is 13.4. The molecule has 2 fully saturated rings. The Balaban J connectivity index is 1.51. The second kappa shape index (κ2) is 5.02. The molecule has 1 N–H and O–H groups in total. The van der Waals surface area contributed by atoms with Gasteiger partial charge >= 0.3 is 0 Å². The van der Waals surface area contributed by atoms with E-state index >= 15 is 0 Å². The molecule has 104 valence electrons. The first-order valence-corrected chi connectivity index (χ1v) is 7.58. The van der Waals surface area contributed by atoms with Gasteiger partial charge in [0.2, 0.25) is 0 Å². The number of anilines is 1. The first-order chi connectivity index (χ1) is 9.90. The van der Waals surface area contributed by atoms with Gasteiger partial charge < -0.3 is 10.2 Å². The SMILES string of the molecule is c1ccc2c(N3CCC(NCC4CC4)C3)ncnc2c1. The number of fused-ring (bicyclic) bond motifs is 1. The molecular weight excluding hydrogens is 248 g/mol. The van der Waals surface area contributed by atoms with E-state index in [0.29, 0.717) is 6.04 Å². The predicted octanol–water partition coefficient (Wildman–Crippen LogP) is 2.21. The van der Waals surface area contributed by atoms with Crippen molar-refractivity contribution in [1.82, 2.24) is 15.3 Å². The number of rotatable bonds is 4. The number of nitrogens with one attached hydrogen (secondary N) is 1. The third kappa shape index (κ3) is 2.36. The quantitative estimate of drug-likeness (QED) is 0.923. The van der Waals surface area contributed by atoms with E-state index in [1.807, 2.05) is 6.07 Å². The van der Waals surface area contributed by atoms with Gasteiger partial charge in [0, 0.05) is 24.5 Å². The Kier molecular flexibility index (Phi) is 3.03. The molecule has 0 radical (unpaired) electrons. The predicted molar refractivity (Wildman–Crippen MR) is 80.9 cm³/mol. The second-order valence-electron chi connectivity index (χ2n) is 6.00. The third-order valence-electron chi connectivity index (χ3n) is 4.40. The maximum atomic E-state index is 4.52. The lowest BCUT2D eigenvalue weighted by atomic mass is 10.2. The normalized spacial score (nSPS) is 22.6.